The number of ether oxygens (including phenoxy) is 2. The van der Waals surface area contributed by atoms with Crippen LogP contribution in [0.5, 0.6) is 0 Å². The van der Waals surface area contributed by atoms with Crippen molar-refractivity contribution in [1.82, 2.24) is 5.32 Å². The van der Waals surface area contributed by atoms with Gasteiger partial charge in [-0.3, -0.25) is 4.79 Å². The van der Waals surface area contributed by atoms with E-state index in [-0.39, 0.29) is 28.6 Å². The number of halogens is 1. The van der Waals surface area contributed by atoms with E-state index in [1.54, 1.807) is 19.2 Å². The third kappa shape index (κ3) is 3.72. The highest BCUT2D eigenvalue weighted by Gasteiger charge is 2.29. The van der Waals surface area contributed by atoms with Gasteiger partial charge in [0.15, 0.2) is 0 Å². The standard InChI is InChI=1S/C14H17ClN2O4/c1-20-9-6-12(16-7-9)13(18)17-8-3-4-11(15)10(5-8)14(19)21-2/h3-5,9,12,16H,6-7H2,1-2H3,(H,17,18). The van der Waals surface area contributed by atoms with Crippen LogP contribution in [0.4, 0.5) is 5.69 Å². The van der Waals surface area contributed by atoms with E-state index in [2.05, 4.69) is 15.4 Å². The summed E-state index contributed by atoms with van der Waals surface area (Å²) in [5, 5.41) is 6.11. The molecule has 1 fully saturated rings. The molecule has 1 aromatic rings. The van der Waals surface area contributed by atoms with Crippen molar-refractivity contribution in [1.29, 1.82) is 0 Å². The molecule has 1 aromatic carbocycles. The van der Waals surface area contributed by atoms with Crippen molar-refractivity contribution in [2.45, 2.75) is 18.6 Å². The Morgan fingerprint density at radius 1 is 1.38 bits per heavy atom. The molecule has 21 heavy (non-hydrogen) atoms. The minimum absolute atomic E-state index is 0.0385. The minimum Gasteiger partial charge on any atom is -0.465 e. The Morgan fingerprint density at radius 2 is 2.14 bits per heavy atom. The zero-order valence-corrected chi connectivity index (χ0v) is 12.6. The molecule has 0 saturated carbocycles. The van der Waals surface area contributed by atoms with E-state index in [0.717, 1.165) is 0 Å². The summed E-state index contributed by atoms with van der Waals surface area (Å²) in [6, 6.07) is 4.36. The monoisotopic (exact) mass is 312 g/mol. The highest BCUT2D eigenvalue weighted by molar-refractivity contribution is 6.33. The number of anilines is 1. The lowest BCUT2D eigenvalue weighted by molar-refractivity contribution is -0.118. The quantitative estimate of drug-likeness (QED) is 0.823. The molecule has 1 aliphatic heterocycles. The number of hydrogen-bond acceptors (Lipinski definition) is 5. The summed E-state index contributed by atoms with van der Waals surface area (Å²) in [6.07, 6.45) is 0.649. The zero-order chi connectivity index (χ0) is 15.4. The van der Waals surface area contributed by atoms with Crippen LogP contribution in [0.2, 0.25) is 5.02 Å². The van der Waals surface area contributed by atoms with Gasteiger partial charge in [-0.1, -0.05) is 11.6 Å². The number of carbonyl (C=O) groups excluding carboxylic acids is 2. The summed E-state index contributed by atoms with van der Waals surface area (Å²) in [5.74, 6) is -0.720. The van der Waals surface area contributed by atoms with Crippen LogP contribution in [0.25, 0.3) is 0 Å². The Kier molecular flexibility index (Phi) is 5.17. The van der Waals surface area contributed by atoms with Gasteiger partial charge < -0.3 is 20.1 Å². The molecule has 0 spiro atoms. The topological polar surface area (TPSA) is 76.7 Å². The van der Waals surface area contributed by atoms with Crippen molar-refractivity contribution in [3.8, 4) is 0 Å². The van der Waals surface area contributed by atoms with Gasteiger partial charge >= 0.3 is 5.97 Å². The second kappa shape index (κ2) is 6.89. The molecule has 0 bridgehead atoms. The molecule has 1 amide bonds. The molecule has 2 rings (SSSR count). The van der Waals surface area contributed by atoms with Gasteiger partial charge in [-0.2, -0.15) is 0 Å². The van der Waals surface area contributed by atoms with Gasteiger partial charge in [-0.15, -0.1) is 0 Å². The van der Waals surface area contributed by atoms with E-state index in [1.165, 1.54) is 13.2 Å². The van der Waals surface area contributed by atoms with Crippen LogP contribution < -0.4 is 10.6 Å². The SMILES string of the molecule is COC(=O)c1cc(NC(=O)C2CC(OC)CN2)ccc1Cl. The number of benzene rings is 1. The lowest BCUT2D eigenvalue weighted by Crippen LogP contribution is -2.35. The normalized spacial score (nSPS) is 21.1. The number of carbonyl (C=O) groups is 2. The number of amides is 1. The zero-order valence-electron chi connectivity index (χ0n) is 11.8. The van der Waals surface area contributed by atoms with Crippen molar-refractivity contribution in [3.05, 3.63) is 28.8 Å². The van der Waals surface area contributed by atoms with Gasteiger partial charge in [-0.25, -0.2) is 4.79 Å². The van der Waals surface area contributed by atoms with E-state index in [0.29, 0.717) is 18.7 Å². The van der Waals surface area contributed by atoms with Crippen molar-refractivity contribution >= 4 is 29.2 Å². The van der Waals surface area contributed by atoms with Gasteiger partial charge in [0.25, 0.3) is 0 Å². The van der Waals surface area contributed by atoms with Crippen LogP contribution in [0.3, 0.4) is 0 Å². The first-order valence-electron chi connectivity index (χ1n) is 6.50. The van der Waals surface area contributed by atoms with Crippen LogP contribution >= 0.6 is 11.6 Å². The summed E-state index contributed by atoms with van der Waals surface area (Å²) in [5.41, 5.74) is 0.707. The lowest BCUT2D eigenvalue weighted by Gasteiger charge is -2.12. The van der Waals surface area contributed by atoms with Gasteiger partial charge in [0.1, 0.15) is 0 Å². The van der Waals surface area contributed by atoms with Crippen molar-refractivity contribution in [2.75, 3.05) is 26.1 Å². The second-order valence-corrected chi connectivity index (χ2v) is 5.14. The van der Waals surface area contributed by atoms with Crippen LogP contribution in [0.1, 0.15) is 16.8 Å². The summed E-state index contributed by atoms with van der Waals surface area (Å²) >= 11 is 5.93. The molecule has 1 saturated heterocycles. The fraction of sp³-hybridized carbons (Fsp3) is 0.429. The molecule has 2 N–H and O–H groups in total. The van der Waals surface area contributed by atoms with Crippen LogP contribution in [-0.2, 0) is 14.3 Å². The first kappa shape index (κ1) is 15.8. The van der Waals surface area contributed by atoms with E-state index >= 15 is 0 Å². The molecule has 114 valence electrons. The fourth-order valence-corrected chi connectivity index (χ4v) is 2.38. The molecule has 6 nitrogen and oxygen atoms in total. The maximum atomic E-state index is 12.1. The Balaban J connectivity index is 2.06. The number of hydrogen-bond donors (Lipinski definition) is 2. The van der Waals surface area contributed by atoms with Crippen LogP contribution in [-0.4, -0.2) is 44.8 Å². The van der Waals surface area contributed by atoms with Gasteiger partial charge in [-0.05, 0) is 24.6 Å². The number of esters is 1. The fourth-order valence-electron chi connectivity index (χ4n) is 2.18. The van der Waals surface area contributed by atoms with E-state index < -0.39 is 5.97 Å². The van der Waals surface area contributed by atoms with E-state index in [9.17, 15) is 9.59 Å². The lowest BCUT2D eigenvalue weighted by atomic mass is 10.1. The summed E-state index contributed by atoms with van der Waals surface area (Å²) in [6.45, 7) is 0.641. The molecule has 2 unspecified atom stereocenters. The Bertz CT molecular complexity index is 550. The maximum absolute atomic E-state index is 12.1. The first-order valence-corrected chi connectivity index (χ1v) is 6.88. The van der Waals surface area contributed by atoms with E-state index in [1.807, 2.05) is 0 Å². The Labute approximate surface area is 127 Å². The highest BCUT2D eigenvalue weighted by atomic mass is 35.5. The summed E-state index contributed by atoms with van der Waals surface area (Å²) in [7, 11) is 2.89. The molecular formula is C14H17ClN2O4. The van der Waals surface area contributed by atoms with Gasteiger partial charge in [0, 0.05) is 19.3 Å². The average Bonchev–Trinajstić information content (AvgIpc) is 2.97. The molecule has 0 aromatic heterocycles. The van der Waals surface area contributed by atoms with Crippen LogP contribution in [0.15, 0.2) is 18.2 Å². The molecule has 1 aliphatic rings. The Morgan fingerprint density at radius 3 is 2.76 bits per heavy atom. The molecule has 0 radical (unpaired) electrons. The molecule has 1 heterocycles. The van der Waals surface area contributed by atoms with Crippen molar-refractivity contribution in [2.24, 2.45) is 0 Å². The largest absolute Gasteiger partial charge is 0.465 e. The van der Waals surface area contributed by atoms with Gasteiger partial charge in [0.05, 0.1) is 29.8 Å². The second-order valence-electron chi connectivity index (χ2n) is 4.73. The molecule has 0 aliphatic carbocycles. The number of methoxy groups -OCH3 is 2. The number of rotatable bonds is 4. The molecular weight excluding hydrogens is 296 g/mol. The third-order valence-electron chi connectivity index (χ3n) is 3.38. The maximum Gasteiger partial charge on any atom is 0.339 e. The van der Waals surface area contributed by atoms with Gasteiger partial charge in [0.2, 0.25) is 5.91 Å². The first-order chi connectivity index (χ1) is 10.0. The molecule has 7 heteroatoms. The van der Waals surface area contributed by atoms with Crippen LogP contribution in [0, 0.1) is 0 Å². The molecule has 2 atom stereocenters. The highest BCUT2D eigenvalue weighted by Crippen LogP contribution is 2.22. The third-order valence-corrected chi connectivity index (χ3v) is 3.71. The minimum atomic E-state index is -0.547. The summed E-state index contributed by atoms with van der Waals surface area (Å²) < 4.78 is 9.84. The smallest absolute Gasteiger partial charge is 0.339 e. The predicted molar refractivity (Wildman–Crippen MR) is 78.6 cm³/mol. The average molecular weight is 313 g/mol. The van der Waals surface area contributed by atoms with E-state index in [4.69, 9.17) is 16.3 Å². The van der Waals surface area contributed by atoms with Crippen molar-refractivity contribution in [3.63, 3.8) is 0 Å². The number of nitrogens with one attached hydrogen (secondary N) is 2. The summed E-state index contributed by atoms with van der Waals surface area (Å²) in [4.78, 5) is 23.7. The Hall–Kier alpha value is -1.63. The predicted octanol–water partition coefficient (Wildman–Crippen LogP) is 1.44. The van der Waals surface area contributed by atoms with Crippen molar-refractivity contribution < 1.29 is 19.1 Å².